The molecule has 0 amide bonds. The first-order valence-corrected chi connectivity index (χ1v) is 18.4. The van der Waals surface area contributed by atoms with Crippen molar-refractivity contribution in [3.8, 4) is 21.7 Å². The van der Waals surface area contributed by atoms with Crippen LogP contribution in [-0.4, -0.2) is 15.9 Å². The summed E-state index contributed by atoms with van der Waals surface area (Å²) in [5.41, 5.74) is 4.85. The third-order valence-electron chi connectivity index (χ3n) is 10.6. The molecule has 1 radical (unpaired) electrons. The van der Waals surface area contributed by atoms with E-state index in [2.05, 4.69) is 87.5 Å². The second kappa shape index (κ2) is 15.8. The van der Waals surface area contributed by atoms with E-state index in [1.165, 1.54) is 32.0 Å². The molecule has 6 aromatic rings. The predicted molar refractivity (Wildman–Crippen MR) is 208 cm³/mol. The maximum Gasteiger partial charge on any atom is 0.164 e. The van der Waals surface area contributed by atoms with Gasteiger partial charge >= 0.3 is 0 Å². The van der Waals surface area contributed by atoms with Crippen LogP contribution in [-0.2, 0) is 30.3 Å². The number of nitrogens with zero attached hydrogens (tertiary/aromatic N) is 1. The molecule has 50 heavy (non-hydrogen) atoms. The molecular formula is C44H50IrNO3S-. The van der Waals surface area contributed by atoms with Crippen molar-refractivity contribution in [3.63, 3.8) is 0 Å². The van der Waals surface area contributed by atoms with E-state index in [-0.39, 0.29) is 47.9 Å². The molecule has 0 saturated carbocycles. The Morgan fingerprint density at radius 2 is 1.54 bits per heavy atom. The number of aliphatic hydroxyl groups excluding tert-OH is 1. The zero-order valence-corrected chi connectivity index (χ0v) is 34.1. The number of aromatic nitrogens is 1. The number of carbonyl (C=O) groups excluding carboxylic acids is 1. The minimum Gasteiger partial charge on any atom is -0.512 e. The van der Waals surface area contributed by atoms with Gasteiger partial charge in [0.1, 0.15) is 11.3 Å². The van der Waals surface area contributed by atoms with Gasteiger partial charge in [0.25, 0.3) is 0 Å². The number of fused-ring (bicyclic) bond motifs is 3. The number of carbonyl (C=O) groups is 1. The summed E-state index contributed by atoms with van der Waals surface area (Å²) in [4.78, 5) is 18.2. The van der Waals surface area contributed by atoms with Crippen LogP contribution in [0.25, 0.3) is 53.5 Å². The molecule has 0 spiro atoms. The zero-order valence-electron chi connectivity index (χ0n) is 30.9. The Bertz CT molecular complexity index is 2120. The average Bonchev–Trinajstić information content (AvgIpc) is 3.77. The second-order valence-electron chi connectivity index (χ2n) is 14.7. The van der Waals surface area contributed by atoms with Gasteiger partial charge in [-0.2, -0.15) is 0 Å². The average molecular weight is 865 g/mol. The van der Waals surface area contributed by atoms with Crippen LogP contribution in [0.1, 0.15) is 93.6 Å². The number of ketones is 1. The Morgan fingerprint density at radius 3 is 2.20 bits per heavy atom. The molecule has 1 N–H and O–H groups in total. The summed E-state index contributed by atoms with van der Waals surface area (Å²) >= 11 is 1.79. The van der Waals surface area contributed by atoms with Crippen LogP contribution in [0, 0.1) is 16.9 Å². The van der Waals surface area contributed by atoms with E-state index in [1.807, 2.05) is 53.8 Å². The molecule has 265 valence electrons. The molecule has 0 aliphatic carbocycles. The molecule has 0 aliphatic rings. The number of allylic oxidation sites excluding steroid dienone is 2. The van der Waals surface area contributed by atoms with Crippen molar-refractivity contribution in [1.29, 1.82) is 0 Å². The molecule has 0 saturated heterocycles. The molecule has 0 atom stereocenters. The van der Waals surface area contributed by atoms with Gasteiger partial charge in [-0.15, -0.1) is 40.5 Å². The van der Waals surface area contributed by atoms with Crippen LogP contribution in [0.5, 0.6) is 0 Å². The smallest absolute Gasteiger partial charge is 0.164 e. The summed E-state index contributed by atoms with van der Waals surface area (Å²) < 4.78 is 6.85. The summed E-state index contributed by atoms with van der Waals surface area (Å²) in [6.45, 7) is 18.9. The molecule has 6 rings (SSSR count). The van der Waals surface area contributed by atoms with Gasteiger partial charge in [0, 0.05) is 63.9 Å². The van der Waals surface area contributed by atoms with Crippen LogP contribution >= 0.6 is 11.3 Å². The quantitative estimate of drug-likeness (QED) is 0.0893. The topological polar surface area (TPSA) is 63.3 Å². The predicted octanol–water partition coefficient (Wildman–Crippen LogP) is 13.3. The summed E-state index contributed by atoms with van der Waals surface area (Å²) in [7, 11) is 0. The number of furan rings is 1. The fourth-order valence-electron chi connectivity index (χ4n) is 6.09. The minimum absolute atomic E-state index is 0. The number of hydrogen-bond acceptors (Lipinski definition) is 5. The molecular weight excluding hydrogens is 815 g/mol. The fraction of sp³-hybridized carbons (Fsp3) is 0.364. The van der Waals surface area contributed by atoms with Gasteiger partial charge in [0.05, 0.1) is 6.26 Å². The van der Waals surface area contributed by atoms with E-state index in [4.69, 9.17) is 9.40 Å². The molecule has 3 aromatic heterocycles. The molecule has 3 heterocycles. The Labute approximate surface area is 315 Å². The first-order valence-electron chi connectivity index (χ1n) is 17.5. The number of rotatable bonds is 9. The van der Waals surface area contributed by atoms with Gasteiger partial charge in [0.2, 0.25) is 0 Å². The zero-order chi connectivity index (χ0) is 35.6. The summed E-state index contributed by atoms with van der Waals surface area (Å²) in [5.74, 6) is 0.286. The maximum absolute atomic E-state index is 12.2. The van der Waals surface area contributed by atoms with Gasteiger partial charge in [0.15, 0.2) is 5.78 Å². The molecule has 3 aromatic carbocycles. The molecule has 6 heteroatoms. The van der Waals surface area contributed by atoms with Crippen molar-refractivity contribution in [2.24, 2.45) is 10.8 Å². The van der Waals surface area contributed by atoms with Gasteiger partial charge in [-0.25, -0.2) is 0 Å². The van der Waals surface area contributed by atoms with Crippen molar-refractivity contribution in [2.45, 2.75) is 93.4 Å². The second-order valence-corrected chi connectivity index (χ2v) is 15.8. The summed E-state index contributed by atoms with van der Waals surface area (Å²) in [5, 5.41) is 14.8. The van der Waals surface area contributed by atoms with Crippen LogP contribution < -0.4 is 0 Å². The van der Waals surface area contributed by atoms with Crippen molar-refractivity contribution in [2.75, 3.05) is 0 Å². The Morgan fingerprint density at radius 1 is 0.860 bits per heavy atom. The van der Waals surface area contributed by atoms with Crippen molar-refractivity contribution in [3.05, 3.63) is 103 Å². The number of pyridine rings is 1. The monoisotopic (exact) mass is 865 g/mol. The Balaban J connectivity index is 0.000000269. The van der Waals surface area contributed by atoms with Crippen LogP contribution in [0.2, 0.25) is 0 Å². The largest absolute Gasteiger partial charge is 0.512 e. The molecule has 0 fully saturated rings. The normalized spacial score (nSPS) is 12.5. The Hall–Kier alpha value is -3.57. The molecule has 4 nitrogen and oxygen atoms in total. The van der Waals surface area contributed by atoms with Crippen molar-refractivity contribution >= 4 is 48.9 Å². The van der Waals surface area contributed by atoms with E-state index < -0.39 is 0 Å². The van der Waals surface area contributed by atoms with Crippen LogP contribution in [0.15, 0.2) is 95.4 Å². The number of thiophene rings is 1. The number of benzene rings is 3. The van der Waals surface area contributed by atoms with E-state index >= 15 is 0 Å². The maximum atomic E-state index is 12.2. The standard InChI is InChI=1S/C29H22NOS.C15H28O2.Ir/c1-29(2,3)24-15-21(14-19-6-4-5-7-22(19)24)28-23-17-27(32-26(23)10-12-30-28)20-9-8-18-11-13-31-25(18)16-20;1-7-14(5,8-2)12(16)11-13(17)15(6,9-3)10-4;/h4-13,15-17H,1-3H3;11,16H,7-10H2,1-6H3;/q-1;;/b;12-11-;. The molecule has 0 unspecified atom stereocenters. The molecule has 0 aliphatic heterocycles. The van der Waals surface area contributed by atoms with Gasteiger partial charge in [-0.05, 0) is 66.3 Å². The first-order chi connectivity index (χ1) is 23.3. The minimum atomic E-state index is -0.337. The SMILES string of the molecule is CC(C)(C)c1cc(-c2nccc3sc(-c4ccc5ccoc5c4)cc23)[c-]c2ccccc12.CCC(C)(CC)C(=O)/C=C(\O)C(C)(CC)CC.[Ir]. The first kappa shape index (κ1) is 39.2. The summed E-state index contributed by atoms with van der Waals surface area (Å²) in [6.07, 6.45) is 8.40. The fourth-order valence-corrected chi connectivity index (χ4v) is 7.14. The Kier molecular flexibility index (Phi) is 12.4. The third kappa shape index (κ3) is 7.99. The number of aliphatic hydroxyl groups is 1. The molecule has 0 bridgehead atoms. The van der Waals surface area contributed by atoms with E-state index in [9.17, 15) is 9.90 Å². The van der Waals surface area contributed by atoms with Gasteiger partial charge in [-0.3, -0.25) is 9.78 Å². The number of hydrogen-bond donors (Lipinski definition) is 1. The van der Waals surface area contributed by atoms with Crippen LogP contribution in [0.4, 0.5) is 0 Å². The van der Waals surface area contributed by atoms with Gasteiger partial charge in [-0.1, -0.05) is 104 Å². The van der Waals surface area contributed by atoms with Crippen LogP contribution in [0.3, 0.4) is 0 Å². The van der Waals surface area contributed by atoms with Crippen molar-refractivity contribution < 1.29 is 34.4 Å². The van der Waals surface area contributed by atoms with Gasteiger partial charge < -0.3 is 9.52 Å². The van der Waals surface area contributed by atoms with Crippen molar-refractivity contribution in [1.82, 2.24) is 4.98 Å². The summed E-state index contributed by atoms with van der Waals surface area (Å²) in [6, 6.07) is 27.2. The van der Waals surface area contributed by atoms with E-state index in [1.54, 1.807) is 17.6 Å². The third-order valence-corrected chi connectivity index (χ3v) is 11.8. The van der Waals surface area contributed by atoms with E-state index in [0.717, 1.165) is 58.9 Å². The van der Waals surface area contributed by atoms with E-state index in [0.29, 0.717) is 0 Å².